The summed E-state index contributed by atoms with van der Waals surface area (Å²) in [4.78, 5) is 20.7. The molecule has 1 aromatic heterocycles. The Morgan fingerprint density at radius 3 is 2.63 bits per heavy atom. The third-order valence-electron chi connectivity index (χ3n) is 3.87. The first-order valence-corrected chi connectivity index (χ1v) is 6.43. The summed E-state index contributed by atoms with van der Waals surface area (Å²) in [6, 6.07) is 0. The van der Waals surface area contributed by atoms with Gasteiger partial charge in [-0.15, -0.1) is 0 Å². The van der Waals surface area contributed by atoms with Crippen molar-refractivity contribution in [1.29, 1.82) is 0 Å². The van der Waals surface area contributed by atoms with Crippen molar-refractivity contribution in [3.8, 4) is 0 Å². The average Bonchev–Trinajstić information content (AvgIpc) is 2.31. The molecule has 1 aliphatic rings. The van der Waals surface area contributed by atoms with Gasteiger partial charge in [-0.05, 0) is 25.2 Å². The van der Waals surface area contributed by atoms with Gasteiger partial charge in [-0.2, -0.15) is 4.98 Å². The lowest BCUT2D eigenvalue weighted by molar-refractivity contribution is -0.385. The predicted octanol–water partition coefficient (Wildman–Crippen LogP) is 1.76. The molecule has 104 valence electrons. The fourth-order valence-corrected chi connectivity index (χ4v) is 2.46. The van der Waals surface area contributed by atoms with E-state index in [9.17, 15) is 10.1 Å². The number of anilines is 2. The predicted molar refractivity (Wildman–Crippen MR) is 73.0 cm³/mol. The molecule has 7 nitrogen and oxygen atoms in total. The lowest BCUT2D eigenvalue weighted by Gasteiger charge is -2.35. The van der Waals surface area contributed by atoms with Crippen molar-refractivity contribution in [2.24, 2.45) is 11.8 Å². The largest absolute Gasteiger partial charge is 0.368 e. The van der Waals surface area contributed by atoms with Crippen LogP contribution in [0.1, 0.15) is 26.0 Å². The van der Waals surface area contributed by atoms with Crippen molar-refractivity contribution in [3.05, 3.63) is 15.8 Å². The highest BCUT2D eigenvalue weighted by Gasteiger charge is 2.30. The zero-order chi connectivity index (χ0) is 14.2. The van der Waals surface area contributed by atoms with Gasteiger partial charge >= 0.3 is 5.69 Å². The molecule has 7 heteroatoms. The lowest BCUT2D eigenvalue weighted by Crippen LogP contribution is -2.39. The molecule has 1 saturated heterocycles. The number of nitrogen functional groups attached to an aromatic ring is 1. The van der Waals surface area contributed by atoms with Crippen molar-refractivity contribution in [2.75, 3.05) is 23.7 Å². The second-order valence-electron chi connectivity index (χ2n) is 5.29. The topological polar surface area (TPSA) is 98.2 Å². The highest BCUT2D eigenvalue weighted by atomic mass is 16.6. The minimum absolute atomic E-state index is 0.0315. The molecule has 2 unspecified atom stereocenters. The van der Waals surface area contributed by atoms with E-state index in [0.29, 0.717) is 23.3 Å². The van der Waals surface area contributed by atoms with Gasteiger partial charge in [0.05, 0.1) is 4.92 Å². The molecule has 0 bridgehead atoms. The van der Waals surface area contributed by atoms with E-state index in [4.69, 9.17) is 5.73 Å². The quantitative estimate of drug-likeness (QED) is 0.646. The molecular formula is C12H19N5O2. The molecule has 1 aliphatic heterocycles. The Kier molecular flexibility index (Phi) is 3.55. The van der Waals surface area contributed by atoms with Crippen molar-refractivity contribution < 1.29 is 4.92 Å². The normalized spacial score (nSPS) is 23.4. The van der Waals surface area contributed by atoms with Crippen molar-refractivity contribution in [2.45, 2.75) is 27.2 Å². The highest BCUT2D eigenvalue weighted by molar-refractivity contribution is 5.62. The van der Waals surface area contributed by atoms with Gasteiger partial charge in [0.15, 0.2) is 0 Å². The molecule has 0 spiro atoms. The zero-order valence-electron chi connectivity index (χ0n) is 11.5. The van der Waals surface area contributed by atoms with Crippen molar-refractivity contribution >= 4 is 17.5 Å². The summed E-state index contributed by atoms with van der Waals surface area (Å²) in [5, 5.41) is 11.2. The van der Waals surface area contributed by atoms with Crippen molar-refractivity contribution in [1.82, 2.24) is 9.97 Å². The minimum atomic E-state index is -0.424. The summed E-state index contributed by atoms with van der Waals surface area (Å²) in [6.07, 6.45) is 1.00. The summed E-state index contributed by atoms with van der Waals surface area (Å²) in [5.74, 6) is 1.54. The second-order valence-corrected chi connectivity index (χ2v) is 5.29. The van der Waals surface area contributed by atoms with Crippen LogP contribution in [0, 0.1) is 28.9 Å². The average molecular weight is 265 g/mol. The van der Waals surface area contributed by atoms with E-state index in [2.05, 4.69) is 23.8 Å². The third kappa shape index (κ3) is 2.59. The number of nitrogens with zero attached hydrogens (tertiary/aromatic N) is 4. The molecule has 2 rings (SSSR count). The molecule has 0 amide bonds. The third-order valence-corrected chi connectivity index (χ3v) is 3.87. The van der Waals surface area contributed by atoms with Gasteiger partial charge in [0.2, 0.25) is 11.8 Å². The number of nitro groups is 1. The van der Waals surface area contributed by atoms with Crippen LogP contribution in [0.2, 0.25) is 0 Å². The van der Waals surface area contributed by atoms with E-state index < -0.39 is 4.92 Å². The van der Waals surface area contributed by atoms with Gasteiger partial charge < -0.3 is 10.6 Å². The van der Waals surface area contributed by atoms with Gasteiger partial charge in [0.25, 0.3) is 0 Å². The van der Waals surface area contributed by atoms with E-state index >= 15 is 0 Å². The molecule has 2 N–H and O–H groups in total. The van der Waals surface area contributed by atoms with Crippen LogP contribution in [-0.4, -0.2) is 28.0 Å². The van der Waals surface area contributed by atoms with Gasteiger partial charge in [-0.1, -0.05) is 13.8 Å². The number of rotatable bonds is 2. The van der Waals surface area contributed by atoms with Crippen LogP contribution < -0.4 is 10.6 Å². The number of nitrogens with two attached hydrogens (primary N) is 1. The van der Waals surface area contributed by atoms with Crippen LogP contribution in [0.4, 0.5) is 17.5 Å². The second kappa shape index (κ2) is 4.99. The first-order valence-electron chi connectivity index (χ1n) is 6.43. The smallest absolute Gasteiger partial charge is 0.332 e. The molecule has 2 atom stereocenters. The Bertz CT molecular complexity index is 505. The molecule has 2 heterocycles. The Morgan fingerprint density at radius 2 is 2.05 bits per heavy atom. The maximum absolute atomic E-state index is 11.2. The number of hydrogen-bond donors (Lipinski definition) is 1. The van der Waals surface area contributed by atoms with Gasteiger partial charge in [0.1, 0.15) is 5.69 Å². The monoisotopic (exact) mass is 265 g/mol. The van der Waals surface area contributed by atoms with Gasteiger partial charge in [-0.3, -0.25) is 10.1 Å². The number of aryl methyl sites for hydroxylation is 1. The van der Waals surface area contributed by atoms with E-state index in [1.165, 1.54) is 0 Å². The molecule has 0 radical (unpaired) electrons. The van der Waals surface area contributed by atoms with Crippen LogP contribution in [0.15, 0.2) is 0 Å². The van der Waals surface area contributed by atoms with E-state index in [1.54, 1.807) is 6.92 Å². The van der Waals surface area contributed by atoms with Gasteiger partial charge in [-0.25, -0.2) is 4.98 Å². The number of hydrogen-bond acceptors (Lipinski definition) is 6. The first-order chi connectivity index (χ1) is 8.90. The summed E-state index contributed by atoms with van der Waals surface area (Å²) in [5.41, 5.74) is 5.91. The summed E-state index contributed by atoms with van der Waals surface area (Å²) >= 11 is 0. The maximum Gasteiger partial charge on any atom is 0.332 e. The van der Waals surface area contributed by atoms with Crippen LogP contribution in [0.3, 0.4) is 0 Å². The lowest BCUT2D eigenvalue weighted by atomic mass is 9.88. The fraction of sp³-hybridized carbons (Fsp3) is 0.667. The van der Waals surface area contributed by atoms with E-state index in [-0.39, 0.29) is 11.6 Å². The number of aromatic nitrogens is 2. The SMILES string of the molecule is Cc1nc(N)nc(N2CCC(C)C(C)C2)c1[N+](=O)[O-]. The summed E-state index contributed by atoms with van der Waals surface area (Å²) in [6.45, 7) is 7.48. The summed E-state index contributed by atoms with van der Waals surface area (Å²) < 4.78 is 0. The molecule has 1 fully saturated rings. The molecule has 19 heavy (non-hydrogen) atoms. The Balaban J connectivity index is 2.41. The van der Waals surface area contributed by atoms with Crippen LogP contribution in [0.25, 0.3) is 0 Å². The molecule has 0 aromatic carbocycles. The molecule has 0 saturated carbocycles. The Hall–Kier alpha value is -1.92. The Labute approximate surface area is 112 Å². The van der Waals surface area contributed by atoms with E-state index in [0.717, 1.165) is 19.5 Å². The van der Waals surface area contributed by atoms with Crippen LogP contribution in [0.5, 0.6) is 0 Å². The van der Waals surface area contributed by atoms with Crippen LogP contribution in [-0.2, 0) is 0 Å². The zero-order valence-corrected chi connectivity index (χ0v) is 11.5. The number of piperidine rings is 1. The molecular weight excluding hydrogens is 246 g/mol. The maximum atomic E-state index is 11.2. The standard InChI is InChI=1S/C12H19N5O2/c1-7-4-5-16(6-8(7)2)11-10(17(18)19)9(3)14-12(13)15-11/h7-8H,4-6H2,1-3H3,(H2,13,14,15). The van der Waals surface area contributed by atoms with Crippen molar-refractivity contribution in [3.63, 3.8) is 0 Å². The Morgan fingerprint density at radius 1 is 1.37 bits per heavy atom. The molecule has 1 aromatic rings. The summed E-state index contributed by atoms with van der Waals surface area (Å²) in [7, 11) is 0. The first kappa shape index (κ1) is 13.5. The van der Waals surface area contributed by atoms with E-state index in [1.807, 2.05) is 4.90 Å². The molecule has 0 aliphatic carbocycles. The van der Waals surface area contributed by atoms with Gasteiger partial charge in [0, 0.05) is 13.1 Å². The minimum Gasteiger partial charge on any atom is -0.368 e. The highest BCUT2D eigenvalue weighted by Crippen LogP contribution is 2.33. The van der Waals surface area contributed by atoms with Crippen LogP contribution >= 0.6 is 0 Å². The fourth-order valence-electron chi connectivity index (χ4n) is 2.46.